The van der Waals surface area contributed by atoms with Crippen molar-refractivity contribution in [3.63, 3.8) is 0 Å². The maximum absolute atomic E-state index is 11.9. The predicted octanol–water partition coefficient (Wildman–Crippen LogP) is 0.850. The SMILES string of the molecule is C/C(=N\NC(=O)c1cc(C)n(C)n1)c1c(O)cc(C)oc1=O. The van der Waals surface area contributed by atoms with Crippen molar-refractivity contribution in [3.8, 4) is 5.75 Å². The first-order valence-corrected chi connectivity index (χ1v) is 6.49. The Morgan fingerprint density at radius 2 is 2.09 bits per heavy atom. The molecular formula is C14H16N4O4. The van der Waals surface area contributed by atoms with Crippen molar-refractivity contribution in [1.29, 1.82) is 0 Å². The predicted molar refractivity (Wildman–Crippen MR) is 79.0 cm³/mol. The number of aromatic hydroxyl groups is 1. The highest BCUT2D eigenvalue weighted by Gasteiger charge is 2.14. The summed E-state index contributed by atoms with van der Waals surface area (Å²) in [6.45, 7) is 4.83. The number of aryl methyl sites for hydroxylation is 3. The average Bonchev–Trinajstić information content (AvgIpc) is 2.75. The van der Waals surface area contributed by atoms with Crippen LogP contribution in [-0.2, 0) is 7.05 Å². The van der Waals surface area contributed by atoms with Gasteiger partial charge in [-0.05, 0) is 26.8 Å². The number of amides is 1. The molecule has 0 radical (unpaired) electrons. The summed E-state index contributed by atoms with van der Waals surface area (Å²) in [4.78, 5) is 23.6. The van der Waals surface area contributed by atoms with E-state index in [0.29, 0.717) is 0 Å². The van der Waals surface area contributed by atoms with Gasteiger partial charge in [-0.15, -0.1) is 0 Å². The van der Waals surface area contributed by atoms with Crippen LogP contribution in [0.5, 0.6) is 5.75 Å². The average molecular weight is 304 g/mol. The summed E-state index contributed by atoms with van der Waals surface area (Å²) in [6.07, 6.45) is 0. The van der Waals surface area contributed by atoms with Crippen molar-refractivity contribution in [2.45, 2.75) is 20.8 Å². The Kier molecular flexibility index (Phi) is 4.11. The van der Waals surface area contributed by atoms with Crippen LogP contribution in [0.1, 0.15) is 34.4 Å². The molecule has 0 aromatic carbocycles. The van der Waals surface area contributed by atoms with E-state index in [2.05, 4.69) is 15.6 Å². The number of nitrogens with one attached hydrogen (secondary N) is 1. The van der Waals surface area contributed by atoms with Gasteiger partial charge in [-0.3, -0.25) is 9.48 Å². The van der Waals surface area contributed by atoms with Crippen LogP contribution >= 0.6 is 0 Å². The molecule has 0 aliphatic carbocycles. The molecule has 0 fully saturated rings. The fraction of sp³-hybridized carbons (Fsp3) is 0.286. The fourth-order valence-electron chi connectivity index (χ4n) is 1.85. The van der Waals surface area contributed by atoms with Gasteiger partial charge in [-0.25, -0.2) is 10.2 Å². The lowest BCUT2D eigenvalue weighted by Crippen LogP contribution is -2.22. The zero-order valence-electron chi connectivity index (χ0n) is 12.7. The Morgan fingerprint density at radius 1 is 1.41 bits per heavy atom. The van der Waals surface area contributed by atoms with E-state index in [-0.39, 0.29) is 28.5 Å². The first-order valence-electron chi connectivity index (χ1n) is 6.49. The van der Waals surface area contributed by atoms with Gasteiger partial charge in [0.15, 0.2) is 5.69 Å². The fourth-order valence-corrected chi connectivity index (χ4v) is 1.85. The molecule has 1 amide bonds. The summed E-state index contributed by atoms with van der Waals surface area (Å²) < 4.78 is 6.46. The van der Waals surface area contributed by atoms with Crippen LogP contribution in [-0.4, -0.2) is 26.5 Å². The maximum Gasteiger partial charge on any atom is 0.348 e. The molecule has 0 spiro atoms. The molecule has 0 atom stereocenters. The lowest BCUT2D eigenvalue weighted by atomic mass is 10.2. The van der Waals surface area contributed by atoms with Crippen molar-refractivity contribution in [3.05, 3.63) is 45.3 Å². The van der Waals surface area contributed by atoms with Gasteiger partial charge in [0.2, 0.25) is 0 Å². The Labute approximate surface area is 126 Å². The Balaban J connectivity index is 2.23. The highest BCUT2D eigenvalue weighted by molar-refractivity contribution is 6.01. The first kappa shape index (κ1) is 15.5. The van der Waals surface area contributed by atoms with E-state index in [1.807, 2.05) is 6.92 Å². The molecule has 2 heterocycles. The van der Waals surface area contributed by atoms with E-state index >= 15 is 0 Å². The number of hydrogen-bond donors (Lipinski definition) is 2. The standard InChI is InChI=1S/C14H16N4O4/c1-7-5-10(17-18(7)4)13(20)16-15-9(3)12-11(19)6-8(2)22-14(12)21/h5-6,19H,1-4H3,(H,16,20)/b15-9+. The summed E-state index contributed by atoms with van der Waals surface area (Å²) in [7, 11) is 1.72. The molecule has 2 aromatic heterocycles. The second kappa shape index (κ2) is 5.84. The van der Waals surface area contributed by atoms with Crippen LogP contribution in [0.3, 0.4) is 0 Å². The van der Waals surface area contributed by atoms with Crippen molar-refractivity contribution >= 4 is 11.6 Å². The molecular weight excluding hydrogens is 288 g/mol. The van der Waals surface area contributed by atoms with E-state index < -0.39 is 11.5 Å². The molecule has 0 saturated carbocycles. The van der Waals surface area contributed by atoms with Gasteiger partial charge in [-0.2, -0.15) is 10.2 Å². The molecule has 8 heteroatoms. The minimum Gasteiger partial charge on any atom is -0.507 e. The summed E-state index contributed by atoms with van der Waals surface area (Å²) in [5.41, 5.74) is 2.63. The van der Waals surface area contributed by atoms with Crippen LogP contribution in [0.2, 0.25) is 0 Å². The molecule has 2 rings (SSSR count). The quantitative estimate of drug-likeness (QED) is 0.645. The molecule has 0 saturated heterocycles. The van der Waals surface area contributed by atoms with Gasteiger partial charge in [-0.1, -0.05) is 0 Å². The van der Waals surface area contributed by atoms with Crippen LogP contribution in [0.15, 0.2) is 26.4 Å². The van der Waals surface area contributed by atoms with E-state index in [1.54, 1.807) is 24.7 Å². The van der Waals surface area contributed by atoms with Crippen LogP contribution in [0.25, 0.3) is 0 Å². The van der Waals surface area contributed by atoms with Gasteiger partial charge in [0.25, 0.3) is 5.91 Å². The van der Waals surface area contributed by atoms with Crippen LogP contribution in [0.4, 0.5) is 0 Å². The number of hydrogen-bond acceptors (Lipinski definition) is 6. The first-order chi connectivity index (χ1) is 10.3. The zero-order chi connectivity index (χ0) is 16.4. The molecule has 116 valence electrons. The molecule has 8 nitrogen and oxygen atoms in total. The van der Waals surface area contributed by atoms with E-state index in [9.17, 15) is 14.7 Å². The largest absolute Gasteiger partial charge is 0.507 e. The number of carbonyl (C=O) groups is 1. The third-order valence-corrected chi connectivity index (χ3v) is 3.09. The van der Waals surface area contributed by atoms with Gasteiger partial charge >= 0.3 is 5.63 Å². The van der Waals surface area contributed by atoms with Crippen LogP contribution in [0, 0.1) is 13.8 Å². The molecule has 0 bridgehead atoms. The number of nitrogens with zero attached hydrogens (tertiary/aromatic N) is 3. The van der Waals surface area contributed by atoms with Crippen molar-refractivity contribution in [1.82, 2.24) is 15.2 Å². The summed E-state index contributed by atoms with van der Waals surface area (Å²) in [6, 6.07) is 2.91. The summed E-state index contributed by atoms with van der Waals surface area (Å²) >= 11 is 0. The second-order valence-corrected chi connectivity index (χ2v) is 4.84. The van der Waals surface area contributed by atoms with E-state index in [0.717, 1.165) is 5.69 Å². The number of hydrazone groups is 1. The lowest BCUT2D eigenvalue weighted by Gasteiger charge is -2.03. The third kappa shape index (κ3) is 3.05. The molecule has 22 heavy (non-hydrogen) atoms. The van der Waals surface area contributed by atoms with Gasteiger partial charge < -0.3 is 9.52 Å². The normalized spacial score (nSPS) is 11.5. The van der Waals surface area contributed by atoms with E-state index in [4.69, 9.17) is 4.42 Å². The smallest absolute Gasteiger partial charge is 0.348 e. The van der Waals surface area contributed by atoms with Crippen molar-refractivity contribution in [2.24, 2.45) is 12.1 Å². The van der Waals surface area contributed by atoms with Crippen LogP contribution < -0.4 is 11.1 Å². The van der Waals surface area contributed by atoms with Crippen molar-refractivity contribution in [2.75, 3.05) is 0 Å². The molecule has 2 aromatic rings. The molecule has 0 aliphatic heterocycles. The Hall–Kier alpha value is -2.90. The second-order valence-electron chi connectivity index (χ2n) is 4.84. The molecule has 0 aliphatic rings. The zero-order valence-corrected chi connectivity index (χ0v) is 12.7. The summed E-state index contributed by atoms with van der Waals surface area (Å²) in [5, 5.41) is 17.6. The van der Waals surface area contributed by atoms with Crippen molar-refractivity contribution < 1.29 is 14.3 Å². The van der Waals surface area contributed by atoms with E-state index in [1.165, 1.54) is 13.0 Å². The number of aromatic nitrogens is 2. The Morgan fingerprint density at radius 3 is 2.64 bits per heavy atom. The number of carbonyl (C=O) groups excluding carboxylic acids is 1. The number of rotatable bonds is 3. The lowest BCUT2D eigenvalue weighted by molar-refractivity contribution is 0.0949. The monoisotopic (exact) mass is 304 g/mol. The topological polar surface area (TPSA) is 110 Å². The minimum absolute atomic E-state index is 0.0944. The maximum atomic E-state index is 11.9. The Bertz CT molecular complexity index is 797. The summed E-state index contributed by atoms with van der Waals surface area (Å²) in [5.74, 6) is -0.482. The minimum atomic E-state index is -0.721. The third-order valence-electron chi connectivity index (χ3n) is 3.09. The van der Waals surface area contributed by atoms with Gasteiger partial charge in [0, 0.05) is 18.8 Å². The molecule has 2 N–H and O–H groups in total. The van der Waals surface area contributed by atoms with Gasteiger partial charge in [0.05, 0.1) is 5.71 Å². The highest BCUT2D eigenvalue weighted by Crippen LogP contribution is 2.15. The van der Waals surface area contributed by atoms with Gasteiger partial charge in [0.1, 0.15) is 17.1 Å². The highest BCUT2D eigenvalue weighted by atomic mass is 16.4. The molecule has 0 unspecified atom stereocenters.